The summed E-state index contributed by atoms with van der Waals surface area (Å²) in [6.45, 7) is 9.01. The summed E-state index contributed by atoms with van der Waals surface area (Å²) in [6.07, 6.45) is 2.04. The molecule has 9 rings (SSSR count). The summed E-state index contributed by atoms with van der Waals surface area (Å²) in [5, 5.41) is 13.2. The third-order valence-electron chi connectivity index (χ3n) is 10.8. The normalized spacial score (nSPS) is 14.2. The SMILES string of the molecule is CC1(C)c2ccc(-c3cn(-c4ccccc4)c(-c4[c-]cc5oc6ccc(-c7ccccc7)cc6c5c4)n3)nc2-c2c(O)cccc2C1(C)C.[Pt]. The van der Waals surface area contributed by atoms with Gasteiger partial charge in [0.05, 0.1) is 28.5 Å². The van der Waals surface area contributed by atoms with Crippen molar-refractivity contribution in [2.24, 2.45) is 0 Å². The fourth-order valence-corrected chi connectivity index (χ4v) is 7.42. The van der Waals surface area contributed by atoms with Gasteiger partial charge in [0.2, 0.25) is 0 Å². The number of pyridine rings is 1. The van der Waals surface area contributed by atoms with Crippen molar-refractivity contribution < 1.29 is 30.6 Å². The minimum atomic E-state index is -0.221. The molecule has 0 unspecified atom stereocenters. The first-order valence-corrected chi connectivity index (χ1v) is 16.6. The topological polar surface area (TPSA) is 64.1 Å². The van der Waals surface area contributed by atoms with E-state index in [1.165, 1.54) is 0 Å². The van der Waals surface area contributed by atoms with Crippen LogP contribution < -0.4 is 0 Å². The molecule has 0 atom stereocenters. The van der Waals surface area contributed by atoms with E-state index < -0.39 is 0 Å². The number of rotatable bonds is 4. The molecule has 3 aromatic heterocycles. The molecule has 50 heavy (non-hydrogen) atoms. The molecule has 1 N–H and O–H groups in total. The second-order valence-corrected chi connectivity index (χ2v) is 14.0. The zero-order chi connectivity index (χ0) is 33.5. The van der Waals surface area contributed by atoms with E-state index in [1.807, 2.05) is 48.7 Å². The predicted octanol–water partition coefficient (Wildman–Crippen LogP) is 10.9. The largest absolute Gasteiger partial charge is 0.507 e. The maximum absolute atomic E-state index is 11.2. The third-order valence-corrected chi connectivity index (χ3v) is 10.8. The average Bonchev–Trinajstić information content (AvgIpc) is 3.73. The second-order valence-electron chi connectivity index (χ2n) is 14.0. The van der Waals surface area contributed by atoms with E-state index in [0.29, 0.717) is 0 Å². The summed E-state index contributed by atoms with van der Waals surface area (Å²) < 4.78 is 8.36. The van der Waals surface area contributed by atoms with Crippen LogP contribution in [-0.4, -0.2) is 19.6 Å². The molecule has 0 spiro atoms. The van der Waals surface area contributed by atoms with Crippen LogP contribution in [0.4, 0.5) is 0 Å². The van der Waals surface area contributed by atoms with Crippen LogP contribution in [0.1, 0.15) is 38.8 Å². The molecule has 1 aliphatic rings. The van der Waals surface area contributed by atoms with Crippen molar-refractivity contribution in [2.45, 2.75) is 38.5 Å². The fraction of sp³-hybridized carbons (Fsp3) is 0.136. The molecule has 6 heteroatoms. The molecule has 8 aromatic rings. The molecule has 5 aromatic carbocycles. The Morgan fingerprint density at radius 1 is 0.660 bits per heavy atom. The van der Waals surface area contributed by atoms with Crippen LogP contribution in [0.3, 0.4) is 0 Å². The van der Waals surface area contributed by atoms with E-state index in [9.17, 15) is 5.11 Å². The van der Waals surface area contributed by atoms with Gasteiger partial charge in [-0.3, -0.25) is 4.98 Å². The van der Waals surface area contributed by atoms with Crippen molar-refractivity contribution in [3.8, 4) is 56.6 Å². The van der Waals surface area contributed by atoms with Crippen molar-refractivity contribution in [1.82, 2.24) is 14.5 Å². The van der Waals surface area contributed by atoms with Gasteiger partial charge in [0.15, 0.2) is 0 Å². The molecule has 5 nitrogen and oxygen atoms in total. The van der Waals surface area contributed by atoms with E-state index in [-0.39, 0.29) is 37.6 Å². The van der Waals surface area contributed by atoms with Crippen molar-refractivity contribution in [3.63, 3.8) is 0 Å². The first-order valence-electron chi connectivity index (χ1n) is 16.6. The monoisotopic (exact) mass is 831 g/mol. The van der Waals surface area contributed by atoms with Crippen LogP contribution in [0.2, 0.25) is 0 Å². The first kappa shape index (κ1) is 32.0. The second kappa shape index (κ2) is 11.7. The predicted molar refractivity (Wildman–Crippen MR) is 197 cm³/mol. The number of benzene rings is 5. The molecule has 0 bridgehead atoms. The Bertz CT molecular complexity index is 2560. The Hall–Kier alpha value is -5.25. The van der Waals surface area contributed by atoms with Gasteiger partial charge in [-0.2, -0.15) is 0 Å². The number of phenolic OH excluding ortho intramolecular Hbond substituents is 1. The van der Waals surface area contributed by atoms with Crippen LogP contribution >= 0.6 is 0 Å². The molecule has 0 radical (unpaired) electrons. The van der Waals surface area contributed by atoms with E-state index >= 15 is 0 Å². The minimum absolute atomic E-state index is 0. The maximum Gasteiger partial charge on any atom is 0.125 e. The number of para-hydroxylation sites is 1. The minimum Gasteiger partial charge on any atom is -0.507 e. The quantitative estimate of drug-likeness (QED) is 0.179. The number of aromatic hydroxyl groups is 1. The van der Waals surface area contributed by atoms with E-state index in [4.69, 9.17) is 14.4 Å². The molecule has 3 heterocycles. The van der Waals surface area contributed by atoms with Gasteiger partial charge < -0.3 is 14.1 Å². The van der Waals surface area contributed by atoms with Gasteiger partial charge in [-0.15, -0.1) is 23.8 Å². The fourth-order valence-electron chi connectivity index (χ4n) is 7.42. The summed E-state index contributed by atoms with van der Waals surface area (Å²) in [4.78, 5) is 10.5. The Morgan fingerprint density at radius 3 is 2.16 bits per heavy atom. The molecular weight excluding hydrogens is 798 g/mol. The molecular formula is C44H34N3O2Pt-. The molecule has 0 saturated heterocycles. The number of hydrogen-bond donors (Lipinski definition) is 1. The van der Waals surface area contributed by atoms with Gasteiger partial charge >= 0.3 is 0 Å². The van der Waals surface area contributed by atoms with Crippen molar-refractivity contribution >= 4 is 21.9 Å². The van der Waals surface area contributed by atoms with Gasteiger partial charge in [0.1, 0.15) is 11.3 Å². The summed E-state index contributed by atoms with van der Waals surface area (Å²) >= 11 is 0. The van der Waals surface area contributed by atoms with Gasteiger partial charge in [-0.25, -0.2) is 4.98 Å². The van der Waals surface area contributed by atoms with Gasteiger partial charge in [0.25, 0.3) is 0 Å². The summed E-state index contributed by atoms with van der Waals surface area (Å²) in [5.41, 5.74) is 10.6. The Kier molecular flexibility index (Phi) is 7.47. The molecule has 248 valence electrons. The summed E-state index contributed by atoms with van der Waals surface area (Å²) in [5.74, 6) is 0.994. The smallest absolute Gasteiger partial charge is 0.125 e. The van der Waals surface area contributed by atoms with Crippen molar-refractivity contribution in [3.05, 3.63) is 145 Å². The summed E-state index contributed by atoms with van der Waals surface area (Å²) in [7, 11) is 0. The van der Waals surface area contributed by atoms with Gasteiger partial charge in [0, 0.05) is 49.3 Å². The Labute approximate surface area is 305 Å². The maximum atomic E-state index is 11.2. The molecule has 0 aliphatic heterocycles. The van der Waals surface area contributed by atoms with Crippen LogP contribution in [0.5, 0.6) is 5.75 Å². The molecule has 0 fully saturated rings. The zero-order valence-corrected chi connectivity index (χ0v) is 30.4. The Balaban J connectivity index is 0.00000361. The van der Waals surface area contributed by atoms with Crippen molar-refractivity contribution in [2.75, 3.05) is 0 Å². The number of furan rings is 1. The molecule has 0 amide bonds. The van der Waals surface area contributed by atoms with Crippen LogP contribution in [-0.2, 0) is 31.9 Å². The van der Waals surface area contributed by atoms with Crippen LogP contribution in [0.15, 0.2) is 132 Å². The van der Waals surface area contributed by atoms with E-state index in [2.05, 4.69) is 111 Å². The van der Waals surface area contributed by atoms with Crippen LogP contribution in [0.25, 0.3) is 72.8 Å². The number of fused-ring (bicyclic) bond motifs is 6. The third kappa shape index (κ3) is 4.79. The standard InChI is InChI=1S/C44H34N3O2.Pt/c1-43(2)33-16-11-17-37(48)40(33)41-34(44(43,3)4)20-21-35(45-41)36-26-47(30-14-9-6-10-15-30)42(46-36)29-19-23-39-32(25-29)31-24-28(18-22-38(31)49-39)27-12-7-5-8-13-27;/h5-18,20-26,48H,1-4H3;/q-1;. The first-order chi connectivity index (χ1) is 23.7. The van der Waals surface area contributed by atoms with E-state index in [0.717, 1.165) is 83.9 Å². The van der Waals surface area contributed by atoms with Gasteiger partial charge in [-0.1, -0.05) is 106 Å². The number of hydrogen-bond acceptors (Lipinski definition) is 4. The average molecular weight is 832 g/mol. The Morgan fingerprint density at radius 2 is 1.38 bits per heavy atom. The molecule has 0 saturated carbocycles. The van der Waals surface area contributed by atoms with E-state index in [1.54, 1.807) is 6.07 Å². The number of imidazole rings is 1. The number of aromatic nitrogens is 3. The number of nitrogens with zero attached hydrogens (tertiary/aromatic N) is 3. The van der Waals surface area contributed by atoms with Crippen molar-refractivity contribution in [1.29, 1.82) is 0 Å². The summed E-state index contributed by atoms with van der Waals surface area (Å²) in [6, 6.07) is 44.5. The number of phenols is 1. The van der Waals surface area contributed by atoms with Crippen LogP contribution in [0, 0.1) is 6.07 Å². The molecule has 1 aliphatic carbocycles. The van der Waals surface area contributed by atoms with Gasteiger partial charge in [-0.05, 0) is 64.1 Å². The zero-order valence-electron chi connectivity index (χ0n) is 28.1.